The van der Waals surface area contributed by atoms with Gasteiger partial charge in [0.25, 0.3) is 0 Å². The van der Waals surface area contributed by atoms with Crippen LogP contribution in [0.15, 0.2) is 12.1 Å². The second-order valence-electron chi connectivity index (χ2n) is 4.19. The third-order valence-corrected chi connectivity index (χ3v) is 2.72. The van der Waals surface area contributed by atoms with E-state index in [0.29, 0.717) is 36.9 Å². The molecule has 0 aliphatic carbocycles. The van der Waals surface area contributed by atoms with Crippen LogP contribution < -0.4 is 24.8 Å². The molecule has 0 aromatic heterocycles. The summed E-state index contributed by atoms with van der Waals surface area (Å²) < 4.78 is 16.0. The van der Waals surface area contributed by atoms with Gasteiger partial charge in [0.05, 0.1) is 7.11 Å². The molecule has 0 saturated carbocycles. The van der Waals surface area contributed by atoms with Gasteiger partial charge in [0.15, 0.2) is 11.5 Å². The molecule has 0 saturated heterocycles. The second kappa shape index (κ2) is 6.29. The SMILES string of the molecule is COc1cc(CNCCNC(C)=O)cc2c1OCO2. The summed E-state index contributed by atoms with van der Waals surface area (Å²) in [6.45, 7) is 3.72. The number of fused-ring (bicyclic) bond motifs is 1. The number of carbonyl (C=O) groups excluding carboxylic acids is 1. The average molecular weight is 266 g/mol. The van der Waals surface area contributed by atoms with E-state index in [0.717, 1.165) is 5.56 Å². The molecule has 104 valence electrons. The van der Waals surface area contributed by atoms with Crippen LogP contribution in [0.4, 0.5) is 0 Å². The largest absolute Gasteiger partial charge is 0.493 e. The Morgan fingerprint density at radius 2 is 2.21 bits per heavy atom. The highest BCUT2D eigenvalue weighted by atomic mass is 16.7. The second-order valence-corrected chi connectivity index (χ2v) is 4.19. The van der Waals surface area contributed by atoms with E-state index in [4.69, 9.17) is 14.2 Å². The number of hydrogen-bond acceptors (Lipinski definition) is 5. The normalized spacial score (nSPS) is 12.3. The van der Waals surface area contributed by atoms with Crippen molar-refractivity contribution in [2.24, 2.45) is 0 Å². The lowest BCUT2D eigenvalue weighted by atomic mass is 10.2. The molecule has 1 aromatic rings. The molecule has 1 aliphatic heterocycles. The van der Waals surface area contributed by atoms with Crippen LogP contribution in [-0.2, 0) is 11.3 Å². The Morgan fingerprint density at radius 3 is 2.95 bits per heavy atom. The van der Waals surface area contributed by atoms with Gasteiger partial charge < -0.3 is 24.8 Å². The molecule has 6 heteroatoms. The summed E-state index contributed by atoms with van der Waals surface area (Å²) in [7, 11) is 1.60. The Hall–Kier alpha value is -1.95. The molecular formula is C13H18N2O4. The zero-order chi connectivity index (χ0) is 13.7. The lowest BCUT2D eigenvalue weighted by Gasteiger charge is -2.09. The quantitative estimate of drug-likeness (QED) is 0.740. The van der Waals surface area contributed by atoms with Crippen molar-refractivity contribution >= 4 is 5.91 Å². The molecule has 1 amide bonds. The molecule has 1 aliphatic rings. The van der Waals surface area contributed by atoms with Gasteiger partial charge in [-0.25, -0.2) is 0 Å². The summed E-state index contributed by atoms with van der Waals surface area (Å²) in [6.07, 6.45) is 0. The highest BCUT2D eigenvalue weighted by molar-refractivity contribution is 5.72. The van der Waals surface area contributed by atoms with Crippen LogP contribution in [0.5, 0.6) is 17.2 Å². The van der Waals surface area contributed by atoms with E-state index in [1.54, 1.807) is 7.11 Å². The number of ether oxygens (including phenoxy) is 3. The highest BCUT2D eigenvalue weighted by Gasteiger charge is 2.19. The zero-order valence-corrected chi connectivity index (χ0v) is 11.1. The molecule has 0 radical (unpaired) electrons. The number of rotatable bonds is 6. The van der Waals surface area contributed by atoms with Crippen molar-refractivity contribution in [3.05, 3.63) is 17.7 Å². The predicted octanol–water partition coefficient (Wildman–Crippen LogP) is 0.650. The van der Waals surface area contributed by atoms with E-state index in [-0.39, 0.29) is 12.7 Å². The van der Waals surface area contributed by atoms with Crippen molar-refractivity contribution in [2.75, 3.05) is 27.0 Å². The van der Waals surface area contributed by atoms with Gasteiger partial charge in [0.1, 0.15) is 0 Å². The first-order valence-electron chi connectivity index (χ1n) is 6.12. The Bertz CT molecular complexity index is 462. The maximum atomic E-state index is 10.7. The minimum absolute atomic E-state index is 0.0217. The zero-order valence-electron chi connectivity index (χ0n) is 11.1. The highest BCUT2D eigenvalue weighted by Crippen LogP contribution is 2.41. The topological polar surface area (TPSA) is 68.8 Å². The third-order valence-electron chi connectivity index (χ3n) is 2.72. The van der Waals surface area contributed by atoms with Crippen LogP contribution in [0.1, 0.15) is 12.5 Å². The van der Waals surface area contributed by atoms with Gasteiger partial charge in [0, 0.05) is 26.6 Å². The number of benzene rings is 1. The van der Waals surface area contributed by atoms with Crippen molar-refractivity contribution in [3.63, 3.8) is 0 Å². The van der Waals surface area contributed by atoms with Crippen LogP contribution in [0.2, 0.25) is 0 Å². The molecule has 0 spiro atoms. The minimum Gasteiger partial charge on any atom is -0.493 e. The summed E-state index contributed by atoms with van der Waals surface area (Å²) in [5.41, 5.74) is 1.05. The molecule has 0 atom stereocenters. The van der Waals surface area contributed by atoms with Gasteiger partial charge in [-0.15, -0.1) is 0 Å². The first-order chi connectivity index (χ1) is 9.20. The number of carbonyl (C=O) groups is 1. The smallest absolute Gasteiger partial charge is 0.231 e. The summed E-state index contributed by atoms with van der Waals surface area (Å²) in [4.78, 5) is 10.7. The van der Waals surface area contributed by atoms with Crippen molar-refractivity contribution in [1.29, 1.82) is 0 Å². The summed E-state index contributed by atoms with van der Waals surface area (Å²) in [5.74, 6) is 2.02. The van der Waals surface area contributed by atoms with E-state index in [1.807, 2.05) is 12.1 Å². The van der Waals surface area contributed by atoms with Crippen molar-refractivity contribution in [2.45, 2.75) is 13.5 Å². The van der Waals surface area contributed by atoms with E-state index >= 15 is 0 Å². The molecule has 1 heterocycles. The standard InChI is InChI=1S/C13H18N2O4/c1-9(16)15-4-3-14-7-10-5-11(17-2)13-12(6-10)18-8-19-13/h5-6,14H,3-4,7-8H2,1-2H3,(H,15,16). The number of methoxy groups -OCH3 is 1. The Balaban J connectivity index is 1.89. The van der Waals surface area contributed by atoms with E-state index < -0.39 is 0 Å². The van der Waals surface area contributed by atoms with Crippen molar-refractivity contribution in [1.82, 2.24) is 10.6 Å². The molecular weight excluding hydrogens is 248 g/mol. The van der Waals surface area contributed by atoms with Crippen molar-refractivity contribution in [3.8, 4) is 17.2 Å². The van der Waals surface area contributed by atoms with Crippen molar-refractivity contribution < 1.29 is 19.0 Å². The Labute approximate surface area is 112 Å². The van der Waals surface area contributed by atoms with Gasteiger partial charge in [0.2, 0.25) is 18.4 Å². The fourth-order valence-electron chi connectivity index (χ4n) is 1.85. The van der Waals surface area contributed by atoms with Crippen LogP contribution in [0.25, 0.3) is 0 Å². The first kappa shape index (κ1) is 13.5. The maximum Gasteiger partial charge on any atom is 0.231 e. The van der Waals surface area contributed by atoms with E-state index in [1.165, 1.54) is 6.92 Å². The molecule has 0 fully saturated rings. The van der Waals surface area contributed by atoms with Crippen LogP contribution in [-0.4, -0.2) is 32.9 Å². The summed E-state index contributed by atoms with van der Waals surface area (Å²) >= 11 is 0. The minimum atomic E-state index is -0.0217. The van der Waals surface area contributed by atoms with Crippen LogP contribution >= 0.6 is 0 Å². The number of nitrogens with one attached hydrogen (secondary N) is 2. The molecule has 2 N–H and O–H groups in total. The van der Waals surface area contributed by atoms with Gasteiger partial charge in [-0.2, -0.15) is 0 Å². The number of amides is 1. The van der Waals surface area contributed by atoms with Crippen LogP contribution in [0, 0.1) is 0 Å². The molecule has 0 unspecified atom stereocenters. The van der Waals surface area contributed by atoms with E-state index in [2.05, 4.69) is 10.6 Å². The molecule has 0 bridgehead atoms. The first-order valence-corrected chi connectivity index (χ1v) is 6.12. The summed E-state index contributed by atoms with van der Waals surface area (Å²) in [6, 6.07) is 3.84. The molecule has 1 aromatic carbocycles. The van der Waals surface area contributed by atoms with Gasteiger partial charge in [-0.3, -0.25) is 4.79 Å². The van der Waals surface area contributed by atoms with Crippen LogP contribution in [0.3, 0.4) is 0 Å². The molecule has 19 heavy (non-hydrogen) atoms. The monoisotopic (exact) mass is 266 g/mol. The van der Waals surface area contributed by atoms with Gasteiger partial charge in [-0.1, -0.05) is 0 Å². The molecule has 6 nitrogen and oxygen atoms in total. The Kier molecular flexibility index (Phi) is 4.46. The maximum absolute atomic E-state index is 10.7. The average Bonchev–Trinajstić information content (AvgIpc) is 2.85. The van der Waals surface area contributed by atoms with E-state index in [9.17, 15) is 4.79 Å². The summed E-state index contributed by atoms with van der Waals surface area (Å²) in [5, 5.41) is 5.96. The fraction of sp³-hybridized carbons (Fsp3) is 0.462. The number of hydrogen-bond donors (Lipinski definition) is 2. The molecule has 2 rings (SSSR count). The third kappa shape index (κ3) is 3.51. The Morgan fingerprint density at radius 1 is 1.37 bits per heavy atom. The predicted molar refractivity (Wildman–Crippen MR) is 69.5 cm³/mol. The van der Waals surface area contributed by atoms with Gasteiger partial charge >= 0.3 is 0 Å². The fourth-order valence-corrected chi connectivity index (χ4v) is 1.85. The lowest BCUT2D eigenvalue weighted by Crippen LogP contribution is -2.29. The van der Waals surface area contributed by atoms with Gasteiger partial charge in [-0.05, 0) is 17.7 Å². The lowest BCUT2D eigenvalue weighted by molar-refractivity contribution is -0.118.